The lowest BCUT2D eigenvalue weighted by atomic mass is 9.98. The third kappa shape index (κ3) is 22.0. The van der Waals surface area contributed by atoms with Gasteiger partial charge >= 0.3 is 5.97 Å². The molecule has 0 unspecified atom stereocenters. The number of ether oxygens (including phenoxy) is 3. The number of fused-ring (bicyclic) bond motifs is 1. The Labute approximate surface area is 303 Å². The monoisotopic (exact) mass is 684 g/mol. The molecular formula is C44H77NO4. The predicted molar refractivity (Wildman–Crippen MR) is 209 cm³/mol. The highest BCUT2D eigenvalue weighted by Crippen LogP contribution is 2.44. The third-order valence-corrected chi connectivity index (χ3v) is 9.90. The molecule has 2 rings (SSSR count). The Bertz CT molecular complexity index is 860. The van der Waals surface area contributed by atoms with Crippen LogP contribution in [0.2, 0.25) is 0 Å². The average Bonchev–Trinajstić information content (AvgIpc) is 3.59. The summed E-state index contributed by atoms with van der Waals surface area (Å²) in [4.78, 5) is 14.1. The second-order valence-electron chi connectivity index (χ2n) is 15.0. The van der Waals surface area contributed by atoms with Crippen LogP contribution in [-0.2, 0) is 19.0 Å². The first kappa shape index (κ1) is 43.5. The van der Waals surface area contributed by atoms with E-state index in [-0.39, 0.29) is 24.3 Å². The molecule has 49 heavy (non-hydrogen) atoms. The molecule has 1 saturated carbocycles. The van der Waals surface area contributed by atoms with Gasteiger partial charge in [0.1, 0.15) is 6.10 Å². The number of rotatable bonds is 31. The van der Waals surface area contributed by atoms with Gasteiger partial charge in [0, 0.05) is 25.7 Å². The van der Waals surface area contributed by atoms with Gasteiger partial charge in [0.15, 0.2) is 5.79 Å². The summed E-state index contributed by atoms with van der Waals surface area (Å²) in [6.45, 7) is 4.81. The lowest BCUT2D eigenvalue weighted by molar-refractivity contribution is -0.197. The van der Waals surface area contributed by atoms with Crippen molar-refractivity contribution in [2.45, 2.75) is 205 Å². The van der Waals surface area contributed by atoms with E-state index in [0.717, 1.165) is 51.4 Å². The highest BCUT2D eigenvalue weighted by Gasteiger charge is 2.52. The fraction of sp³-hybridized carbons (Fsp3) is 0.795. The molecule has 0 aromatic carbocycles. The molecular weight excluding hydrogens is 606 g/mol. The normalized spacial score (nSPS) is 20.6. The Hall–Kier alpha value is -1.69. The molecule has 1 aliphatic carbocycles. The number of carbonyl (C=O) groups excluding carboxylic acids is 1. The van der Waals surface area contributed by atoms with Crippen LogP contribution >= 0.6 is 0 Å². The number of likely N-dealkylation sites (N-methyl/N-ethyl adjacent to an activating group) is 1. The Morgan fingerprint density at radius 2 is 0.980 bits per heavy atom. The number of carbonyl (C=O) groups is 1. The highest BCUT2D eigenvalue weighted by molar-refractivity contribution is 5.71. The summed E-state index contributed by atoms with van der Waals surface area (Å²) in [5.41, 5.74) is 0. The summed E-state index contributed by atoms with van der Waals surface area (Å²) in [5, 5.41) is 0. The lowest BCUT2D eigenvalue weighted by Gasteiger charge is -2.30. The van der Waals surface area contributed by atoms with E-state index in [0.29, 0.717) is 6.54 Å². The van der Waals surface area contributed by atoms with Gasteiger partial charge < -0.3 is 14.2 Å². The van der Waals surface area contributed by atoms with Gasteiger partial charge in [-0.3, -0.25) is 9.69 Å². The Balaban J connectivity index is 1.64. The van der Waals surface area contributed by atoms with Crippen molar-refractivity contribution in [3.05, 3.63) is 48.6 Å². The summed E-state index contributed by atoms with van der Waals surface area (Å²) >= 11 is 0. The van der Waals surface area contributed by atoms with E-state index in [1.54, 1.807) is 0 Å². The van der Waals surface area contributed by atoms with Crippen molar-refractivity contribution >= 4 is 5.97 Å². The van der Waals surface area contributed by atoms with Crippen LogP contribution in [0.15, 0.2) is 48.6 Å². The summed E-state index contributed by atoms with van der Waals surface area (Å²) in [6.07, 6.45) is 49.6. The fourth-order valence-electron chi connectivity index (χ4n) is 7.07. The predicted octanol–water partition coefficient (Wildman–Crippen LogP) is 12.4. The summed E-state index contributed by atoms with van der Waals surface area (Å²) in [5.74, 6) is -0.599. The smallest absolute Gasteiger partial charge is 0.320 e. The van der Waals surface area contributed by atoms with Gasteiger partial charge in [-0.1, -0.05) is 140 Å². The molecule has 282 valence electrons. The second kappa shape index (κ2) is 28.9. The van der Waals surface area contributed by atoms with Crippen LogP contribution in [0, 0.1) is 0 Å². The quantitative estimate of drug-likeness (QED) is 0.0413. The molecule has 0 amide bonds. The van der Waals surface area contributed by atoms with E-state index >= 15 is 0 Å². The van der Waals surface area contributed by atoms with Crippen molar-refractivity contribution in [2.24, 2.45) is 0 Å². The molecule has 3 atom stereocenters. The first-order chi connectivity index (χ1) is 24.0. The zero-order valence-corrected chi connectivity index (χ0v) is 32.5. The average molecular weight is 684 g/mol. The molecule has 0 aromatic rings. The van der Waals surface area contributed by atoms with Crippen LogP contribution in [0.4, 0.5) is 0 Å². The van der Waals surface area contributed by atoms with Crippen LogP contribution < -0.4 is 0 Å². The maximum absolute atomic E-state index is 12.2. The van der Waals surface area contributed by atoms with Gasteiger partial charge in [-0.2, -0.15) is 0 Å². The number of hydrogen-bond acceptors (Lipinski definition) is 5. The molecule has 0 spiro atoms. The topological polar surface area (TPSA) is 48.0 Å². The minimum Gasteiger partial charge on any atom is -0.461 e. The molecule has 1 heterocycles. The third-order valence-electron chi connectivity index (χ3n) is 9.90. The standard InChI is InChI=1S/C44H77NO4/c1-5-7-9-11-13-15-17-19-21-23-25-27-29-31-33-35-44(48-41-37-40(38-42(41)49-44)47-43(46)39-45(3)4)36-34-32-30-28-26-24-22-20-18-16-14-12-10-8-6-2/h11-14,17-20,40-42H,5-10,15-16,21-39H2,1-4H3/b13-11-,14-12-,19-17-,20-18-/t40-,41-,42+. The molecule has 0 bridgehead atoms. The highest BCUT2D eigenvalue weighted by atomic mass is 16.8. The minimum atomic E-state index is -0.445. The van der Waals surface area contributed by atoms with Crippen molar-refractivity contribution < 1.29 is 19.0 Å². The van der Waals surface area contributed by atoms with Crippen molar-refractivity contribution in [3.63, 3.8) is 0 Å². The van der Waals surface area contributed by atoms with E-state index < -0.39 is 5.79 Å². The lowest BCUT2D eigenvalue weighted by Crippen LogP contribution is -2.33. The first-order valence-corrected chi connectivity index (χ1v) is 20.8. The molecule has 5 heteroatoms. The van der Waals surface area contributed by atoms with Crippen LogP contribution in [0.5, 0.6) is 0 Å². The summed E-state index contributed by atoms with van der Waals surface area (Å²) in [6, 6.07) is 0. The van der Waals surface area contributed by atoms with Gasteiger partial charge in [-0.05, 0) is 78.3 Å². The van der Waals surface area contributed by atoms with Gasteiger partial charge in [0.25, 0.3) is 0 Å². The molecule has 1 saturated heterocycles. The Morgan fingerprint density at radius 3 is 1.39 bits per heavy atom. The number of allylic oxidation sites excluding steroid dienone is 8. The Morgan fingerprint density at radius 1 is 0.592 bits per heavy atom. The van der Waals surface area contributed by atoms with Crippen LogP contribution in [-0.4, -0.2) is 55.6 Å². The summed E-state index contributed by atoms with van der Waals surface area (Å²) in [7, 11) is 3.79. The largest absolute Gasteiger partial charge is 0.461 e. The van der Waals surface area contributed by atoms with E-state index in [4.69, 9.17) is 14.2 Å². The maximum Gasteiger partial charge on any atom is 0.320 e. The molecule has 1 aliphatic heterocycles. The SMILES string of the molecule is CCCC/C=C\C/C=C\CCCCCCCCC1(CCCCCCCC/C=C\C/C=C\CCCC)O[C@H]2C[C@H](OC(=O)CN(C)C)C[C@H]2O1. The Kier molecular flexibility index (Phi) is 25.7. The van der Waals surface area contributed by atoms with E-state index in [1.807, 2.05) is 19.0 Å². The van der Waals surface area contributed by atoms with Crippen molar-refractivity contribution in [2.75, 3.05) is 20.6 Å². The van der Waals surface area contributed by atoms with E-state index in [1.165, 1.54) is 116 Å². The van der Waals surface area contributed by atoms with Gasteiger partial charge in [-0.15, -0.1) is 0 Å². The van der Waals surface area contributed by atoms with Crippen molar-refractivity contribution in [3.8, 4) is 0 Å². The van der Waals surface area contributed by atoms with Gasteiger partial charge in [0.05, 0.1) is 18.8 Å². The van der Waals surface area contributed by atoms with E-state index in [2.05, 4.69) is 62.5 Å². The zero-order chi connectivity index (χ0) is 35.3. The number of unbranched alkanes of at least 4 members (excludes halogenated alkanes) is 16. The maximum atomic E-state index is 12.2. The molecule has 0 aromatic heterocycles. The summed E-state index contributed by atoms with van der Waals surface area (Å²) < 4.78 is 19.3. The fourth-order valence-corrected chi connectivity index (χ4v) is 7.07. The van der Waals surface area contributed by atoms with Gasteiger partial charge in [-0.25, -0.2) is 0 Å². The molecule has 0 N–H and O–H groups in total. The minimum absolute atomic E-state index is 0.0527. The van der Waals surface area contributed by atoms with Crippen LogP contribution in [0.25, 0.3) is 0 Å². The van der Waals surface area contributed by atoms with Gasteiger partial charge in [0.2, 0.25) is 0 Å². The van der Waals surface area contributed by atoms with Crippen molar-refractivity contribution in [1.29, 1.82) is 0 Å². The van der Waals surface area contributed by atoms with Crippen LogP contribution in [0.1, 0.15) is 181 Å². The zero-order valence-electron chi connectivity index (χ0n) is 32.5. The van der Waals surface area contributed by atoms with Crippen molar-refractivity contribution in [1.82, 2.24) is 4.90 Å². The number of hydrogen-bond donors (Lipinski definition) is 0. The van der Waals surface area contributed by atoms with Crippen LogP contribution in [0.3, 0.4) is 0 Å². The first-order valence-electron chi connectivity index (χ1n) is 20.8. The molecule has 2 aliphatic rings. The second-order valence-corrected chi connectivity index (χ2v) is 15.0. The number of nitrogens with zero attached hydrogens (tertiary/aromatic N) is 1. The molecule has 0 radical (unpaired) electrons. The number of esters is 1. The molecule has 2 fully saturated rings. The molecule has 5 nitrogen and oxygen atoms in total. The van der Waals surface area contributed by atoms with E-state index in [9.17, 15) is 4.79 Å².